The molecular weight excluding hydrogens is 452 g/mol. The van der Waals surface area contributed by atoms with E-state index in [0.717, 1.165) is 51.7 Å². The van der Waals surface area contributed by atoms with Gasteiger partial charge in [0.1, 0.15) is 5.52 Å². The molecule has 5 rings (SSSR count). The Hall–Kier alpha value is -2.22. The largest absolute Gasteiger partial charge is 0.348 e. The molecule has 0 saturated carbocycles. The highest BCUT2D eigenvalue weighted by Gasteiger charge is 2.39. The summed E-state index contributed by atoms with van der Waals surface area (Å²) in [7, 11) is 2.19. The fraction of sp³-hybridized carbons (Fsp3) is 0.480. The molecule has 4 aromatic heterocycles. The number of aromatic nitrogens is 4. The summed E-state index contributed by atoms with van der Waals surface area (Å²) in [5.41, 5.74) is 6.42. The molecule has 33 heavy (non-hydrogen) atoms. The molecule has 6 nitrogen and oxygen atoms in total. The molecule has 1 N–H and O–H groups in total. The second-order valence-corrected chi connectivity index (χ2v) is 11.6. The minimum absolute atomic E-state index is 0. The Balaban J connectivity index is 0.00000259. The highest BCUT2D eigenvalue weighted by Crippen LogP contribution is 2.37. The Morgan fingerprint density at radius 3 is 2.45 bits per heavy atom. The van der Waals surface area contributed by atoms with Gasteiger partial charge in [0.25, 0.3) is 0 Å². The molecule has 1 aliphatic heterocycles. The van der Waals surface area contributed by atoms with Gasteiger partial charge in [0.15, 0.2) is 5.13 Å². The second kappa shape index (κ2) is 8.22. The molecule has 5 heterocycles. The van der Waals surface area contributed by atoms with Crippen molar-refractivity contribution >= 4 is 44.6 Å². The third-order valence-corrected chi connectivity index (χ3v) is 7.58. The van der Waals surface area contributed by atoms with E-state index in [1.54, 1.807) is 11.3 Å². The van der Waals surface area contributed by atoms with Crippen molar-refractivity contribution in [3.63, 3.8) is 0 Å². The monoisotopic (exact) mass is 484 g/mol. The van der Waals surface area contributed by atoms with E-state index >= 15 is 0 Å². The predicted octanol–water partition coefficient (Wildman–Crippen LogP) is 5.79. The number of fused-ring (bicyclic) bond motifs is 2. The van der Waals surface area contributed by atoms with Crippen molar-refractivity contribution in [3.05, 3.63) is 42.1 Å². The Bertz CT molecular complexity index is 1310. The average Bonchev–Trinajstić information content (AvgIpc) is 3.28. The lowest BCUT2D eigenvalue weighted by Crippen LogP contribution is -2.61. The molecule has 0 atom stereocenters. The molecule has 176 valence electrons. The molecule has 0 unspecified atom stereocenters. The molecule has 1 saturated heterocycles. The highest BCUT2D eigenvalue weighted by molar-refractivity contribution is 7.22. The third kappa shape index (κ3) is 4.59. The van der Waals surface area contributed by atoms with Crippen molar-refractivity contribution in [1.82, 2.24) is 24.7 Å². The Morgan fingerprint density at radius 1 is 1.06 bits per heavy atom. The first-order chi connectivity index (χ1) is 15.0. The van der Waals surface area contributed by atoms with Crippen molar-refractivity contribution in [2.24, 2.45) is 0 Å². The second-order valence-electron chi connectivity index (χ2n) is 10.6. The number of thiazole rings is 1. The maximum Gasteiger partial charge on any atom is 0.186 e. The summed E-state index contributed by atoms with van der Waals surface area (Å²) in [4.78, 5) is 16.6. The summed E-state index contributed by atoms with van der Waals surface area (Å²) < 4.78 is 3.32. The van der Waals surface area contributed by atoms with Gasteiger partial charge >= 0.3 is 0 Å². The van der Waals surface area contributed by atoms with Gasteiger partial charge in [-0.05, 0) is 66.5 Å². The Kier molecular flexibility index (Phi) is 5.96. The summed E-state index contributed by atoms with van der Waals surface area (Å²) in [6.45, 7) is 13.3. The van der Waals surface area contributed by atoms with Crippen molar-refractivity contribution in [2.45, 2.75) is 71.5 Å². The smallest absolute Gasteiger partial charge is 0.186 e. The van der Waals surface area contributed by atoms with Gasteiger partial charge in [-0.25, -0.2) is 4.98 Å². The van der Waals surface area contributed by atoms with Crippen LogP contribution in [0.1, 0.15) is 51.9 Å². The fourth-order valence-corrected chi connectivity index (χ4v) is 6.40. The normalized spacial score (nSPS) is 17.9. The number of hydrogen-bond donors (Lipinski definition) is 1. The highest BCUT2D eigenvalue weighted by atomic mass is 35.5. The number of anilines is 1. The van der Waals surface area contributed by atoms with E-state index in [-0.39, 0.29) is 23.5 Å². The lowest BCUT2D eigenvalue weighted by atomic mass is 9.79. The van der Waals surface area contributed by atoms with Gasteiger partial charge in [-0.3, -0.25) is 9.97 Å². The standard InChI is InChI=1S/C25H32N6S.ClH/c1-15-13-31-14-17(8-21(31)16(2)27-15)19-9-22-20(12-26-19)28-23(32-22)30(7)18-10-24(3,4)29-25(5,6)11-18;/h8-9,12-14,18,29H,10-11H2,1-7H3;1H. The van der Waals surface area contributed by atoms with Crippen molar-refractivity contribution in [3.8, 4) is 11.3 Å². The van der Waals surface area contributed by atoms with E-state index in [0.29, 0.717) is 6.04 Å². The molecule has 8 heteroatoms. The number of piperidine rings is 1. The molecule has 0 radical (unpaired) electrons. The zero-order valence-corrected chi connectivity index (χ0v) is 22.1. The summed E-state index contributed by atoms with van der Waals surface area (Å²) in [6, 6.07) is 4.79. The summed E-state index contributed by atoms with van der Waals surface area (Å²) in [5.74, 6) is 0. The summed E-state index contributed by atoms with van der Waals surface area (Å²) >= 11 is 1.76. The maximum atomic E-state index is 4.93. The van der Waals surface area contributed by atoms with Gasteiger partial charge in [0.05, 0.1) is 33.5 Å². The van der Waals surface area contributed by atoms with E-state index in [4.69, 9.17) is 9.97 Å². The predicted molar refractivity (Wildman–Crippen MR) is 141 cm³/mol. The van der Waals surface area contributed by atoms with Gasteiger partial charge < -0.3 is 14.6 Å². The van der Waals surface area contributed by atoms with Crippen LogP contribution < -0.4 is 10.2 Å². The van der Waals surface area contributed by atoms with E-state index in [1.165, 1.54) is 4.70 Å². The maximum absolute atomic E-state index is 4.93. The molecule has 0 spiro atoms. The molecule has 0 amide bonds. The van der Waals surface area contributed by atoms with Crippen LogP contribution >= 0.6 is 23.7 Å². The fourth-order valence-electron chi connectivity index (χ4n) is 5.40. The third-order valence-electron chi connectivity index (χ3n) is 6.47. The van der Waals surface area contributed by atoms with Crippen LogP contribution in [0.15, 0.2) is 30.7 Å². The lowest BCUT2D eigenvalue weighted by molar-refractivity contribution is 0.161. The lowest BCUT2D eigenvalue weighted by Gasteiger charge is -2.48. The van der Waals surface area contributed by atoms with Crippen LogP contribution in [-0.4, -0.2) is 43.5 Å². The Labute approximate surface area is 205 Å². The molecule has 0 aliphatic carbocycles. The molecule has 1 aliphatic rings. The average molecular weight is 485 g/mol. The topological polar surface area (TPSA) is 58.4 Å². The molecule has 4 aromatic rings. The van der Waals surface area contributed by atoms with Crippen LogP contribution in [-0.2, 0) is 0 Å². The van der Waals surface area contributed by atoms with Crippen molar-refractivity contribution < 1.29 is 0 Å². The van der Waals surface area contributed by atoms with E-state index < -0.39 is 0 Å². The number of nitrogens with one attached hydrogen (secondary N) is 1. The van der Waals surface area contributed by atoms with Crippen LogP contribution in [0.3, 0.4) is 0 Å². The van der Waals surface area contributed by atoms with Crippen LogP contribution in [0.4, 0.5) is 5.13 Å². The molecular formula is C25H33ClN6S. The number of aryl methyl sites for hydroxylation is 2. The first-order valence-corrected chi connectivity index (χ1v) is 12.1. The number of halogens is 1. The first-order valence-electron chi connectivity index (χ1n) is 11.2. The molecule has 1 fully saturated rings. The van der Waals surface area contributed by atoms with Crippen LogP contribution in [0, 0.1) is 13.8 Å². The van der Waals surface area contributed by atoms with Crippen molar-refractivity contribution in [2.75, 3.05) is 11.9 Å². The van der Waals surface area contributed by atoms with E-state index in [2.05, 4.69) is 85.8 Å². The van der Waals surface area contributed by atoms with Crippen LogP contribution in [0.5, 0.6) is 0 Å². The number of rotatable bonds is 3. The molecule has 0 aromatic carbocycles. The van der Waals surface area contributed by atoms with Gasteiger partial charge in [-0.15, -0.1) is 12.4 Å². The first kappa shape index (κ1) is 23.9. The summed E-state index contributed by atoms with van der Waals surface area (Å²) in [6.07, 6.45) is 8.30. The van der Waals surface area contributed by atoms with E-state index in [9.17, 15) is 0 Å². The van der Waals surface area contributed by atoms with Gasteiger partial charge in [-0.1, -0.05) is 11.3 Å². The zero-order chi connectivity index (χ0) is 22.8. The number of pyridine rings is 1. The number of nitrogens with zero attached hydrogens (tertiary/aromatic N) is 5. The van der Waals surface area contributed by atoms with Gasteiger partial charge in [0, 0.05) is 42.1 Å². The number of hydrogen-bond acceptors (Lipinski definition) is 6. The summed E-state index contributed by atoms with van der Waals surface area (Å²) in [5, 5.41) is 4.84. The Morgan fingerprint density at radius 2 is 1.76 bits per heavy atom. The van der Waals surface area contributed by atoms with Crippen LogP contribution in [0.2, 0.25) is 0 Å². The minimum Gasteiger partial charge on any atom is -0.348 e. The zero-order valence-electron chi connectivity index (χ0n) is 20.4. The van der Waals surface area contributed by atoms with E-state index in [1.807, 2.05) is 13.1 Å². The quantitative estimate of drug-likeness (QED) is 0.398. The van der Waals surface area contributed by atoms with Crippen molar-refractivity contribution in [1.29, 1.82) is 0 Å². The molecule has 0 bridgehead atoms. The van der Waals surface area contributed by atoms with Crippen LogP contribution in [0.25, 0.3) is 27.0 Å². The minimum atomic E-state index is 0. The SMILES string of the molecule is Cc1cn2cc(-c3cc4sc(N(C)C5CC(C)(C)NC(C)(C)C5)nc4cn3)cc2c(C)n1.Cl. The van der Waals surface area contributed by atoms with Gasteiger partial charge in [0.2, 0.25) is 0 Å². The van der Waals surface area contributed by atoms with Gasteiger partial charge in [-0.2, -0.15) is 0 Å².